The Labute approximate surface area is 185 Å². The Morgan fingerprint density at radius 2 is 1.81 bits per heavy atom. The number of nitrogens with zero attached hydrogens (tertiary/aromatic N) is 1. The monoisotopic (exact) mass is 471 g/mol. The Morgan fingerprint density at radius 3 is 2.38 bits per heavy atom. The second kappa shape index (κ2) is 9.30. The first-order valence-corrected chi connectivity index (χ1v) is 9.84. The molecule has 1 aliphatic heterocycles. The maximum atomic E-state index is 14.3. The zero-order valence-electron chi connectivity index (χ0n) is 16.7. The van der Waals surface area contributed by atoms with E-state index in [1.165, 1.54) is 31.4 Å². The van der Waals surface area contributed by atoms with Crippen molar-refractivity contribution in [2.45, 2.75) is 18.6 Å². The molecule has 1 unspecified atom stereocenters. The summed E-state index contributed by atoms with van der Waals surface area (Å²) < 4.78 is 58.2. The van der Waals surface area contributed by atoms with E-state index in [1.807, 2.05) is 0 Å². The molecule has 1 fully saturated rings. The third-order valence-electron chi connectivity index (χ3n) is 5.02. The highest BCUT2D eigenvalue weighted by Gasteiger charge is 2.46. The van der Waals surface area contributed by atoms with E-state index < -0.39 is 41.0 Å². The molecule has 2 aromatic carbocycles. The molecule has 1 aliphatic rings. The first-order chi connectivity index (χ1) is 15.1. The number of alkyl halides is 3. The van der Waals surface area contributed by atoms with Crippen LogP contribution >= 0.6 is 11.6 Å². The van der Waals surface area contributed by atoms with Gasteiger partial charge in [0, 0.05) is 30.8 Å². The Hall–Kier alpha value is -2.91. The summed E-state index contributed by atoms with van der Waals surface area (Å²) in [6.45, 7) is 0.247. The molecule has 0 aromatic heterocycles. The second-order valence-corrected chi connectivity index (χ2v) is 7.52. The van der Waals surface area contributed by atoms with Crippen molar-refractivity contribution in [3.8, 4) is 0 Å². The quantitative estimate of drug-likeness (QED) is 0.213. The number of rotatable bonds is 6. The highest BCUT2D eigenvalue weighted by molar-refractivity contribution is 6.46. The molecule has 32 heavy (non-hydrogen) atoms. The summed E-state index contributed by atoms with van der Waals surface area (Å²) in [5.74, 6) is -4.08. The van der Waals surface area contributed by atoms with Crippen molar-refractivity contribution in [1.29, 1.82) is 0 Å². The molecule has 1 saturated heterocycles. The minimum absolute atomic E-state index is 0.00309. The lowest BCUT2D eigenvalue weighted by molar-refractivity contribution is -0.140. The predicted molar refractivity (Wildman–Crippen MR) is 108 cm³/mol. The first-order valence-electron chi connectivity index (χ1n) is 9.46. The van der Waals surface area contributed by atoms with Gasteiger partial charge in [0.25, 0.3) is 11.7 Å². The van der Waals surface area contributed by atoms with Crippen LogP contribution in [0.5, 0.6) is 0 Å². The number of likely N-dealkylation sites (tertiary alicyclic amines) is 1. The van der Waals surface area contributed by atoms with E-state index in [1.54, 1.807) is 0 Å². The van der Waals surface area contributed by atoms with Crippen LogP contribution in [0.15, 0.2) is 48.0 Å². The van der Waals surface area contributed by atoms with Crippen LogP contribution in [0.1, 0.15) is 29.2 Å². The van der Waals surface area contributed by atoms with Crippen molar-refractivity contribution < 1.29 is 37.0 Å². The number of ketones is 1. The van der Waals surface area contributed by atoms with Gasteiger partial charge in [0.2, 0.25) is 0 Å². The number of benzene rings is 2. The van der Waals surface area contributed by atoms with E-state index in [-0.39, 0.29) is 29.9 Å². The van der Waals surface area contributed by atoms with Gasteiger partial charge in [0.05, 0.1) is 17.2 Å². The molecule has 1 atom stereocenters. The highest BCUT2D eigenvalue weighted by Crippen LogP contribution is 2.41. The van der Waals surface area contributed by atoms with Gasteiger partial charge in [0.15, 0.2) is 0 Å². The fourth-order valence-electron chi connectivity index (χ4n) is 3.53. The summed E-state index contributed by atoms with van der Waals surface area (Å²) in [7, 11) is 1.44. The third-order valence-corrected chi connectivity index (χ3v) is 5.27. The Balaban J connectivity index is 2.15. The maximum absolute atomic E-state index is 14.3. The fourth-order valence-corrected chi connectivity index (χ4v) is 3.66. The number of aliphatic hydroxyl groups is 1. The smallest absolute Gasteiger partial charge is 0.419 e. The minimum Gasteiger partial charge on any atom is -0.507 e. The SMILES string of the molecule is COCCCN1C(=O)C(=O)C(=C(O)c2ccc(Cl)cc2)C1c1ccc(C(F)(F)F)c(F)c1. The molecule has 10 heteroatoms. The van der Waals surface area contributed by atoms with Gasteiger partial charge in [-0.3, -0.25) is 9.59 Å². The largest absolute Gasteiger partial charge is 0.507 e. The fraction of sp³-hybridized carbons (Fsp3) is 0.273. The molecule has 0 bridgehead atoms. The lowest BCUT2D eigenvalue weighted by Gasteiger charge is -2.25. The van der Waals surface area contributed by atoms with E-state index in [2.05, 4.69) is 0 Å². The molecule has 0 spiro atoms. The Kier molecular flexibility index (Phi) is 6.90. The number of hydrogen-bond acceptors (Lipinski definition) is 4. The summed E-state index contributed by atoms with van der Waals surface area (Å²) in [6.07, 6.45) is -4.60. The number of hydrogen-bond donors (Lipinski definition) is 1. The Morgan fingerprint density at radius 1 is 1.16 bits per heavy atom. The molecule has 0 radical (unpaired) electrons. The highest BCUT2D eigenvalue weighted by atomic mass is 35.5. The molecule has 0 aliphatic carbocycles. The number of halogens is 5. The van der Waals surface area contributed by atoms with Gasteiger partial charge in [-0.25, -0.2) is 4.39 Å². The van der Waals surface area contributed by atoms with Crippen LogP contribution in [-0.2, 0) is 20.5 Å². The lowest BCUT2D eigenvalue weighted by Crippen LogP contribution is -2.31. The van der Waals surface area contributed by atoms with Crippen LogP contribution in [0.25, 0.3) is 5.76 Å². The van der Waals surface area contributed by atoms with Crippen molar-refractivity contribution in [1.82, 2.24) is 4.90 Å². The van der Waals surface area contributed by atoms with Crippen molar-refractivity contribution in [2.75, 3.05) is 20.3 Å². The molecule has 5 nitrogen and oxygen atoms in total. The molecule has 1 N–H and O–H groups in total. The van der Waals surface area contributed by atoms with Gasteiger partial charge >= 0.3 is 6.18 Å². The molecule has 1 heterocycles. The predicted octanol–water partition coefficient (Wildman–Crippen LogP) is 4.96. The van der Waals surface area contributed by atoms with Crippen molar-refractivity contribution in [3.63, 3.8) is 0 Å². The van der Waals surface area contributed by atoms with Crippen LogP contribution in [0.4, 0.5) is 17.6 Å². The Bertz CT molecular complexity index is 1070. The summed E-state index contributed by atoms with van der Waals surface area (Å²) in [4.78, 5) is 26.6. The van der Waals surface area contributed by atoms with Crippen LogP contribution < -0.4 is 0 Å². The van der Waals surface area contributed by atoms with E-state index >= 15 is 0 Å². The van der Waals surface area contributed by atoms with Crippen molar-refractivity contribution >= 4 is 29.1 Å². The molecule has 1 amide bonds. The van der Waals surface area contributed by atoms with Crippen molar-refractivity contribution in [3.05, 3.63) is 75.6 Å². The first kappa shape index (κ1) is 23.7. The maximum Gasteiger partial charge on any atom is 0.419 e. The number of carbonyl (C=O) groups is 2. The topological polar surface area (TPSA) is 66.8 Å². The van der Waals surface area contributed by atoms with Crippen LogP contribution in [0, 0.1) is 5.82 Å². The number of carbonyl (C=O) groups excluding carboxylic acids is 2. The lowest BCUT2D eigenvalue weighted by atomic mass is 9.94. The summed E-state index contributed by atoms with van der Waals surface area (Å²) in [6, 6.07) is 6.62. The molecular weight excluding hydrogens is 454 g/mol. The number of methoxy groups -OCH3 is 1. The number of amides is 1. The van der Waals surface area contributed by atoms with Crippen LogP contribution in [0.3, 0.4) is 0 Å². The molecule has 2 aromatic rings. The molecular formula is C22H18ClF4NO4. The van der Waals surface area contributed by atoms with Gasteiger partial charge in [-0.2, -0.15) is 13.2 Å². The normalized spacial score (nSPS) is 18.4. The third kappa shape index (κ3) is 4.63. The zero-order valence-corrected chi connectivity index (χ0v) is 17.5. The molecule has 0 saturated carbocycles. The van der Waals surface area contributed by atoms with E-state index in [0.717, 1.165) is 11.0 Å². The molecule has 170 valence electrons. The summed E-state index contributed by atoms with van der Waals surface area (Å²) in [5, 5.41) is 11.2. The number of ether oxygens (including phenoxy) is 1. The van der Waals surface area contributed by atoms with Gasteiger partial charge in [-0.05, 0) is 48.4 Å². The van der Waals surface area contributed by atoms with Crippen molar-refractivity contribution in [2.24, 2.45) is 0 Å². The van der Waals surface area contributed by atoms with Crippen LogP contribution in [-0.4, -0.2) is 42.0 Å². The summed E-state index contributed by atoms with van der Waals surface area (Å²) in [5.41, 5.74) is -1.74. The van der Waals surface area contributed by atoms with E-state index in [4.69, 9.17) is 16.3 Å². The standard InChI is InChI=1S/C22H18ClF4NO4/c1-32-10-2-9-28-18(13-5-8-15(16(24)11-13)22(25,26)27)17(20(30)21(28)31)19(29)12-3-6-14(23)7-4-12/h3-8,11,18,29H,2,9-10H2,1H3. The van der Waals surface area contributed by atoms with Gasteiger partial charge in [-0.15, -0.1) is 0 Å². The average Bonchev–Trinajstić information content (AvgIpc) is 2.98. The summed E-state index contributed by atoms with van der Waals surface area (Å²) >= 11 is 5.84. The van der Waals surface area contributed by atoms with E-state index in [0.29, 0.717) is 23.6 Å². The van der Waals surface area contributed by atoms with Gasteiger partial charge in [-0.1, -0.05) is 17.7 Å². The van der Waals surface area contributed by atoms with Gasteiger partial charge in [0.1, 0.15) is 11.6 Å². The zero-order chi connectivity index (χ0) is 23.6. The number of Topliss-reactive ketones (excluding diaryl/α,β-unsaturated/α-hetero) is 1. The van der Waals surface area contributed by atoms with E-state index in [9.17, 15) is 32.3 Å². The second-order valence-electron chi connectivity index (χ2n) is 7.08. The molecule has 3 rings (SSSR count). The van der Waals surface area contributed by atoms with Gasteiger partial charge < -0.3 is 14.7 Å². The minimum atomic E-state index is -4.91. The average molecular weight is 472 g/mol. The number of aliphatic hydroxyl groups excluding tert-OH is 1. The van der Waals surface area contributed by atoms with Crippen LogP contribution in [0.2, 0.25) is 5.02 Å².